The Morgan fingerprint density at radius 1 is 1.21 bits per heavy atom. The van der Waals surface area contributed by atoms with Gasteiger partial charge in [-0.05, 0) is 12.5 Å². The van der Waals surface area contributed by atoms with E-state index < -0.39 is 11.7 Å². The highest BCUT2D eigenvalue weighted by atomic mass is 16.2. The molecule has 1 amide bonds. The van der Waals surface area contributed by atoms with Gasteiger partial charge in [0.2, 0.25) is 5.78 Å². The number of carbonyl (C=O) groups excluding carboxylic acids is 2. The van der Waals surface area contributed by atoms with Gasteiger partial charge in [-0.2, -0.15) is 5.10 Å². The zero-order valence-corrected chi connectivity index (χ0v) is 10.9. The Labute approximate surface area is 111 Å². The molecule has 0 fully saturated rings. The summed E-state index contributed by atoms with van der Waals surface area (Å²) in [6.45, 7) is 3.88. The number of benzene rings is 1. The highest BCUT2D eigenvalue weighted by Gasteiger charge is 2.09. The minimum absolute atomic E-state index is 0.382. The number of ketones is 1. The summed E-state index contributed by atoms with van der Waals surface area (Å²) < 4.78 is 1.71. The van der Waals surface area contributed by atoms with Gasteiger partial charge in [0.05, 0.1) is 6.54 Å². The van der Waals surface area contributed by atoms with Crippen LogP contribution < -0.4 is 5.32 Å². The van der Waals surface area contributed by atoms with Gasteiger partial charge in [-0.15, -0.1) is 0 Å². The first-order valence-corrected chi connectivity index (χ1v) is 5.95. The molecule has 0 atom stereocenters. The predicted molar refractivity (Wildman–Crippen MR) is 71.8 cm³/mol. The molecule has 0 aliphatic carbocycles. The highest BCUT2D eigenvalue weighted by Crippen LogP contribution is 2.08. The topological polar surface area (TPSA) is 64.0 Å². The molecule has 0 aliphatic heterocycles. The summed E-state index contributed by atoms with van der Waals surface area (Å²) in [4.78, 5) is 22.0. The smallest absolute Gasteiger partial charge is 0.292 e. The molecular weight excluding hydrogens is 242 g/mol. The second kappa shape index (κ2) is 5.48. The molecule has 1 aromatic carbocycles. The van der Waals surface area contributed by atoms with Crippen molar-refractivity contribution in [2.45, 2.75) is 20.4 Å². The van der Waals surface area contributed by atoms with E-state index in [-0.39, 0.29) is 0 Å². The van der Waals surface area contributed by atoms with Gasteiger partial charge < -0.3 is 5.32 Å². The molecule has 1 heterocycles. The van der Waals surface area contributed by atoms with Crippen LogP contribution in [0.2, 0.25) is 0 Å². The van der Waals surface area contributed by atoms with Crippen LogP contribution in [0.3, 0.4) is 0 Å². The van der Waals surface area contributed by atoms with Gasteiger partial charge in [-0.1, -0.05) is 29.8 Å². The number of hydrogen-bond donors (Lipinski definition) is 1. The van der Waals surface area contributed by atoms with Crippen molar-refractivity contribution in [1.29, 1.82) is 0 Å². The molecule has 0 radical (unpaired) electrons. The first-order chi connectivity index (χ1) is 9.04. The van der Waals surface area contributed by atoms with Crippen LogP contribution in [-0.4, -0.2) is 21.5 Å². The van der Waals surface area contributed by atoms with Crippen LogP contribution in [0.15, 0.2) is 36.5 Å². The average molecular weight is 257 g/mol. The predicted octanol–water partition coefficient (Wildman–Crippen LogP) is 1.77. The normalized spacial score (nSPS) is 10.2. The lowest BCUT2D eigenvalue weighted by Crippen LogP contribution is -2.20. The fourth-order valence-electron chi connectivity index (χ4n) is 1.60. The van der Waals surface area contributed by atoms with Crippen molar-refractivity contribution >= 4 is 17.5 Å². The van der Waals surface area contributed by atoms with E-state index in [0.717, 1.165) is 5.56 Å². The monoisotopic (exact) mass is 257 g/mol. The Balaban J connectivity index is 2.03. The molecule has 0 bridgehead atoms. The second-order valence-corrected chi connectivity index (χ2v) is 4.39. The van der Waals surface area contributed by atoms with Gasteiger partial charge in [-0.3, -0.25) is 14.3 Å². The lowest BCUT2D eigenvalue weighted by atomic mass is 10.1. The number of anilines is 1. The van der Waals surface area contributed by atoms with Crippen LogP contribution in [0, 0.1) is 6.92 Å². The number of nitrogens with zero attached hydrogens (tertiary/aromatic N) is 2. The van der Waals surface area contributed by atoms with Gasteiger partial charge >= 0.3 is 0 Å². The van der Waals surface area contributed by atoms with Crippen molar-refractivity contribution in [2.24, 2.45) is 0 Å². The summed E-state index contributed by atoms with van der Waals surface area (Å²) in [6, 6.07) is 9.80. The molecule has 5 nitrogen and oxygen atoms in total. The van der Waals surface area contributed by atoms with Crippen molar-refractivity contribution in [3.63, 3.8) is 0 Å². The first-order valence-electron chi connectivity index (χ1n) is 5.95. The van der Waals surface area contributed by atoms with Crippen LogP contribution in [0.25, 0.3) is 0 Å². The third kappa shape index (κ3) is 3.51. The van der Waals surface area contributed by atoms with E-state index in [1.165, 1.54) is 12.5 Å². The van der Waals surface area contributed by atoms with Crippen LogP contribution in [-0.2, 0) is 16.1 Å². The Morgan fingerprint density at radius 2 is 1.89 bits per heavy atom. The first kappa shape index (κ1) is 13.0. The number of amides is 1. The maximum atomic E-state index is 11.2. The summed E-state index contributed by atoms with van der Waals surface area (Å²) in [5, 5.41) is 6.62. The summed E-state index contributed by atoms with van der Waals surface area (Å²) >= 11 is 0. The van der Waals surface area contributed by atoms with Crippen molar-refractivity contribution in [2.75, 3.05) is 5.32 Å². The van der Waals surface area contributed by atoms with E-state index in [1.54, 1.807) is 16.9 Å². The number of nitrogens with one attached hydrogen (secondary N) is 1. The van der Waals surface area contributed by atoms with Crippen molar-refractivity contribution in [1.82, 2.24) is 9.78 Å². The molecule has 0 saturated carbocycles. The Hall–Kier alpha value is -2.43. The van der Waals surface area contributed by atoms with Gasteiger partial charge in [0.25, 0.3) is 5.91 Å². The molecule has 2 rings (SSSR count). The number of Topliss-reactive ketones (excluding diaryl/α,β-unsaturated/α-hetero) is 1. The van der Waals surface area contributed by atoms with E-state index in [4.69, 9.17) is 0 Å². The summed E-state index contributed by atoms with van der Waals surface area (Å²) in [5.74, 6) is -0.805. The lowest BCUT2D eigenvalue weighted by molar-refractivity contribution is -0.133. The van der Waals surface area contributed by atoms with Crippen LogP contribution >= 0.6 is 0 Å². The van der Waals surface area contributed by atoms with E-state index in [9.17, 15) is 9.59 Å². The molecule has 5 heteroatoms. The molecule has 1 aromatic heterocycles. The number of hydrogen-bond acceptors (Lipinski definition) is 3. The Morgan fingerprint density at radius 3 is 2.53 bits per heavy atom. The molecule has 2 aromatic rings. The summed E-state index contributed by atoms with van der Waals surface area (Å²) in [6.07, 6.45) is 1.76. The van der Waals surface area contributed by atoms with E-state index >= 15 is 0 Å². The van der Waals surface area contributed by atoms with Gasteiger partial charge in [-0.25, -0.2) is 0 Å². The largest absolute Gasteiger partial charge is 0.303 e. The van der Waals surface area contributed by atoms with Crippen LogP contribution in [0.4, 0.5) is 5.82 Å². The third-order valence-electron chi connectivity index (χ3n) is 2.67. The van der Waals surface area contributed by atoms with Crippen molar-refractivity contribution < 1.29 is 9.59 Å². The highest BCUT2D eigenvalue weighted by molar-refractivity contribution is 6.39. The van der Waals surface area contributed by atoms with Crippen LogP contribution in [0.5, 0.6) is 0 Å². The zero-order valence-electron chi connectivity index (χ0n) is 10.9. The molecule has 0 unspecified atom stereocenters. The van der Waals surface area contributed by atoms with E-state index in [1.807, 2.05) is 31.2 Å². The maximum absolute atomic E-state index is 11.2. The standard InChI is InChI=1S/C14H15N3O2/c1-10-3-5-12(6-4-10)9-17-8-7-13(16-17)15-14(19)11(2)18/h3-8H,9H2,1-2H3,(H,15,16,19). The van der Waals surface area contributed by atoms with E-state index in [0.29, 0.717) is 12.4 Å². The molecule has 1 N–H and O–H groups in total. The SMILES string of the molecule is CC(=O)C(=O)Nc1ccn(Cc2ccc(C)cc2)n1. The van der Waals surface area contributed by atoms with Crippen molar-refractivity contribution in [3.8, 4) is 0 Å². The summed E-state index contributed by atoms with van der Waals surface area (Å²) in [7, 11) is 0. The molecule has 98 valence electrons. The maximum Gasteiger partial charge on any atom is 0.292 e. The minimum atomic E-state index is -0.652. The van der Waals surface area contributed by atoms with Crippen molar-refractivity contribution in [3.05, 3.63) is 47.7 Å². The fraction of sp³-hybridized carbons (Fsp3) is 0.214. The molecular formula is C14H15N3O2. The lowest BCUT2D eigenvalue weighted by Gasteiger charge is -2.02. The number of carbonyl (C=O) groups is 2. The number of aryl methyl sites for hydroxylation is 1. The fourth-order valence-corrected chi connectivity index (χ4v) is 1.60. The quantitative estimate of drug-likeness (QED) is 0.849. The summed E-state index contributed by atoms with van der Waals surface area (Å²) in [5.41, 5.74) is 2.33. The zero-order chi connectivity index (χ0) is 13.8. The van der Waals surface area contributed by atoms with Crippen LogP contribution in [0.1, 0.15) is 18.1 Å². The molecule has 19 heavy (non-hydrogen) atoms. The Kier molecular flexibility index (Phi) is 3.75. The average Bonchev–Trinajstić information content (AvgIpc) is 2.79. The van der Waals surface area contributed by atoms with Gasteiger partial charge in [0.1, 0.15) is 0 Å². The van der Waals surface area contributed by atoms with Gasteiger partial charge in [0, 0.05) is 19.2 Å². The number of rotatable bonds is 4. The molecule has 0 spiro atoms. The second-order valence-electron chi connectivity index (χ2n) is 4.39. The van der Waals surface area contributed by atoms with E-state index in [2.05, 4.69) is 10.4 Å². The van der Waals surface area contributed by atoms with Gasteiger partial charge in [0.15, 0.2) is 5.82 Å². The molecule has 0 saturated heterocycles. The molecule has 0 aliphatic rings. The third-order valence-corrected chi connectivity index (χ3v) is 2.67. The number of aromatic nitrogens is 2. The Bertz CT molecular complexity index is 599. The minimum Gasteiger partial charge on any atom is -0.303 e.